The summed E-state index contributed by atoms with van der Waals surface area (Å²) in [5.41, 5.74) is 0. The molecule has 1 aromatic heterocycles. The molecular weight excluding hydrogens is 215 g/mol. The maximum atomic E-state index is 4.09. The summed E-state index contributed by atoms with van der Waals surface area (Å²) in [4.78, 5) is 4.09. The summed E-state index contributed by atoms with van der Waals surface area (Å²) in [5, 5.41) is 0. The molecule has 0 aliphatic rings. The molecule has 0 unspecified atom stereocenters. The lowest BCUT2D eigenvalue weighted by molar-refractivity contribution is 0.977. The summed E-state index contributed by atoms with van der Waals surface area (Å²) in [6, 6.07) is 0. The molecule has 0 saturated carbocycles. The van der Waals surface area contributed by atoms with E-state index in [9.17, 15) is 0 Å². The summed E-state index contributed by atoms with van der Waals surface area (Å²) in [5.74, 6) is 1.13. The van der Waals surface area contributed by atoms with Crippen LogP contribution in [-0.2, 0) is 6.42 Å². The van der Waals surface area contributed by atoms with E-state index < -0.39 is 0 Å². The molecule has 0 fully saturated rings. The summed E-state index contributed by atoms with van der Waals surface area (Å²) in [6.45, 7) is 2.09. The first-order valence-electron chi connectivity index (χ1n) is 2.53. The molecule has 0 atom stereocenters. The van der Waals surface area contributed by atoms with Gasteiger partial charge in [0.2, 0.25) is 0 Å². The van der Waals surface area contributed by atoms with Crippen LogP contribution in [0.15, 0.2) is 12.4 Å². The molecule has 0 amide bonds. The lowest BCUT2D eigenvalue weighted by atomic mass is 10.5. The van der Waals surface area contributed by atoms with E-state index in [-0.39, 0.29) is 0 Å². The summed E-state index contributed by atoms with van der Waals surface area (Å²) >= 11 is 2.21. The van der Waals surface area contributed by atoms with E-state index in [2.05, 4.69) is 34.8 Å². The van der Waals surface area contributed by atoms with Crippen molar-refractivity contribution in [1.82, 2.24) is 7.76 Å². The maximum Gasteiger partial charge on any atom is 0.117 e. The van der Waals surface area contributed by atoms with Gasteiger partial charge >= 0.3 is 0 Å². The van der Waals surface area contributed by atoms with Crippen LogP contribution in [0.1, 0.15) is 12.7 Å². The van der Waals surface area contributed by atoms with Gasteiger partial charge in [0.1, 0.15) is 5.82 Å². The van der Waals surface area contributed by atoms with Crippen LogP contribution < -0.4 is 0 Å². The first-order valence-corrected chi connectivity index (χ1v) is 3.49. The Kier molecular flexibility index (Phi) is 1.88. The van der Waals surface area contributed by atoms with Crippen LogP contribution in [0.2, 0.25) is 0 Å². The van der Waals surface area contributed by atoms with Gasteiger partial charge in [-0.05, 0) is 0 Å². The van der Waals surface area contributed by atoms with Gasteiger partial charge in [-0.25, -0.2) is 4.98 Å². The lowest BCUT2D eigenvalue weighted by Crippen LogP contribution is -1.86. The quantitative estimate of drug-likeness (QED) is 0.660. The minimum absolute atomic E-state index is 1.01. The first kappa shape index (κ1) is 6.07. The summed E-state index contributed by atoms with van der Waals surface area (Å²) in [7, 11) is 0. The van der Waals surface area contributed by atoms with Crippen LogP contribution in [0, 0.1) is 0 Å². The van der Waals surface area contributed by atoms with Crippen molar-refractivity contribution in [3.8, 4) is 0 Å². The molecule has 0 N–H and O–H groups in total. The van der Waals surface area contributed by atoms with Gasteiger partial charge in [-0.3, -0.25) is 2.78 Å². The maximum absolute atomic E-state index is 4.09. The van der Waals surface area contributed by atoms with E-state index in [0.717, 1.165) is 12.2 Å². The average molecular weight is 222 g/mol. The van der Waals surface area contributed by atoms with Crippen LogP contribution >= 0.6 is 22.9 Å². The average Bonchev–Trinajstić information content (AvgIpc) is 2.14. The molecule has 0 radical (unpaired) electrons. The molecule has 0 aliphatic heterocycles. The number of imidazole rings is 1. The van der Waals surface area contributed by atoms with Crippen molar-refractivity contribution >= 4 is 22.9 Å². The van der Waals surface area contributed by atoms with Gasteiger partial charge < -0.3 is 0 Å². The molecule has 0 aliphatic carbocycles. The van der Waals surface area contributed by atoms with E-state index in [1.807, 2.05) is 15.2 Å². The molecule has 1 aromatic rings. The molecule has 1 rings (SSSR count). The fourth-order valence-electron chi connectivity index (χ4n) is 0.561. The monoisotopic (exact) mass is 222 g/mol. The first-order chi connectivity index (χ1) is 3.84. The van der Waals surface area contributed by atoms with Gasteiger partial charge in [0.15, 0.2) is 0 Å². The number of hydrogen-bond donors (Lipinski definition) is 0. The molecule has 3 heteroatoms. The number of halogens is 1. The Morgan fingerprint density at radius 3 is 2.88 bits per heavy atom. The van der Waals surface area contributed by atoms with E-state index in [0.29, 0.717) is 0 Å². The highest BCUT2D eigenvalue weighted by atomic mass is 127. The van der Waals surface area contributed by atoms with Gasteiger partial charge in [-0.15, -0.1) is 0 Å². The van der Waals surface area contributed by atoms with Gasteiger partial charge in [-0.2, -0.15) is 0 Å². The van der Waals surface area contributed by atoms with Crippen LogP contribution in [-0.4, -0.2) is 7.76 Å². The van der Waals surface area contributed by atoms with Crippen molar-refractivity contribution in [2.24, 2.45) is 0 Å². The SMILES string of the molecule is CCc1nccn1I. The normalized spacial score (nSPS) is 9.75. The Labute approximate surface area is 62.4 Å². The second kappa shape index (κ2) is 2.48. The van der Waals surface area contributed by atoms with Crippen molar-refractivity contribution in [3.05, 3.63) is 18.2 Å². The van der Waals surface area contributed by atoms with E-state index in [1.54, 1.807) is 0 Å². The number of aromatic nitrogens is 2. The van der Waals surface area contributed by atoms with E-state index in [1.165, 1.54) is 0 Å². The summed E-state index contributed by atoms with van der Waals surface area (Å²) < 4.78 is 2.00. The molecule has 2 nitrogen and oxygen atoms in total. The topological polar surface area (TPSA) is 17.8 Å². The third-order valence-corrected chi connectivity index (χ3v) is 1.86. The van der Waals surface area contributed by atoms with Crippen molar-refractivity contribution in [2.75, 3.05) is 0 Å². The second-order valence-electron chi connectivity index (χ2n) is 1.51. The minimum atomic E-state index is 1.01. The molecule has 44 valence electrons. The molecule has 0 aromatic carbocycles. The Morgan fingerprint density at radius 1 is 1.88 bits per heavy atom. The predicted octanol–water partition coefficient (Wildman–Crippen LogP) is 1.64. The van der Waals surface area contributed by atoms with Gasteiger partial charge in [0, 0.05) is 18.8 Å². The van der Waals surface area contributed by atoms with Crippen molar-refractivity contribution < 1.29 is 0 Å². The Hall–Kier alpha value is -0.0600. The largest absolute Gasteiger partial charge is 0.276 e. The van der Waals surface area contributed by atoms with E-state index >= 15 is 0 Å². The molecule has 0 spiro atoms. The zero-order chi connectivity index (χ0) is 5.98. The molecular formula is C5H7IN2. The zero-order valence-electron chi connectivity index (χ0n) is 4.63. The molecule has 8 heavy (non-hydrogen) atoms. The third kappa shape index (κ3) is 1.02. The smallest absolute Gasteiger partial charge is 0.117 e. The highest BCUT2D eigenvalue weighted by Crippen LogP contribution is 2.01. The fraction of sp³-hybridized carbons (Fsp3) is 0.400. The minimum Gasteiger partial charge on any atom is -0.276 e. The van der Waals surface area contributed by atoms with Crippen LogP contribution in [0.3, 0.4) is 0 Å². The molecule has 0 bridgehead atoms. The standard InChI is InChI=1S/C5H7IN2/c1-2-5-7-3-4-8(5)6/h3-4H,2H2,1H3. The molecule has 1 heterocycles. The van der Waals surface area contributed by atoms with Crippen LogP contribution in [0.25, 0.3) is 0 Å². The Morgan fingerprint density at radius 2 is 2.62 bits per heavy atom. The highest BCUT2D eigenvalue weighted by Gasteiger charge is 1.92. The number of nitrogens with zero attached hydrogens (tertiary/aromatic N) is 2. The Bertz CT molecular complexity index is 171. The second-order valence-corrected chi connectivity index (χ2v) is 2.55. The van der Waals surface area contributed by atoms with E-state index in [4.69, 9.17) is 0 Å². The van der Waals surface area contributed by atoms with Gasteiger partial charge in [0.05, 0.1) is 22.9 Å². The van der Waals surface area contributed by atoms with Crippen LogP contribution in [0.5, 0.6) is 0 Å². The zero-order valence-corrected chi connectivity index (χ0v) is 6.79. The number of hydrogen-bond acceptors (Lipinski definition) is 1. The number of rotatable bonds is 1. The third-order valence-electron chi connectivity index (χ3n) is 0.984. The fourth-order valence-corrected chi connectivity index (χ4v) is 1.17. The van der Waals surface area contributed by atoms with Crippen LogP contribution in [0.4, 0.5) is 0 Å². The predicted molar refractivity (Wildman–Crippen MR) is 41.0 cm³/mol. The van der Waals surface area contributed by atoms with Crippen molar-refractivity contribution in [1.29, 1.82) is 0 Å². The Balaban J connectivity index is 2.92. The number of aryl methyl sites for hydroxylation is 1. The lowest BCUT2D eigenvalue weighted by Gasteiger charge is -1.90. The molecule has 0 saturated heterocycles. The van der Waals surface area contributed by atoms with Crippen molar-refractivity contribution in [2.45, 2.75) is 13.3 Å². The summed E-state index contributed by atoms with van der Waals surface area (Å²) in [6.07, 6.45) is 4.76. The van der Waals surface area contributed by atoms with Gasteiger partial charge in [0.25, 0.3) is 0 Å². The van der Waals surface area contributed by atoms with Gasteiger partial charge in [-0.1, -0.05) is 6.92 Å². The highest BCUT2D eigenvalue weighted by molar-refractivity contribution is 14.1. The van der Waals surface area contributed by atoms with Crippen molar-refractivity contribution in [3.63, 3.8) is 0 Å².